The maximum atomic E-state index is 12.1. The largest absolute Gasteiger partial charge is 0.491 e. The summed E-state index contributed by atoms with van der Waals surface area (Å²) in [6, 6.07) is 3.85. The monoisotopic (exact) mass is 381 g/mol. The Kier molecular flexibility index (Phi) is 6.42. The molecule has 5 nitrogen and oxygen atoms in total. The lowest BCUT2D eigenvalue weighted by atomic mass is 9.89. The quantitative estimate of drug-likeness (QED) is 0.692. The number of Topliss-reactive ketones (excluding diaryl/α,β-unsaturated/α-hetero) is 1. The highest BCUT2D eigenvalue weighted by Crippen LogP contribution is 2.29. The van der Waals surface area contributed by atoms with Gasteiger partial charge < -0.3 is 14.6 Å². The number of ketones is 1. The second-order valence-electron chi connectivity index (χ2n) is 8.08. The fraction of sp³-hybridized carbons (Fsp3) is 0.565. The molecule has 1 N–H and O–H groups in total. The predicted octanol–water partition coefficient (Wildman–Crippen LogP) is 4.33. The third-order valence-electron chi connectivity index (χ3n) is 6.04. The van der Waals surface area contributed by atoms with Crippen LogP contribution in [0.5, 0.6) is 5.75 Å². The summed E-state index contributed by atoms with van der Waals surface area (Å²) in [5.41, 5.74) is 2.87. The highest BCUT2D eigenvalue weighted by Gasteiger charge is 2.22. The SMILES string of the molecule is O=C1CCCc2c1ccn2-c1cnccc1OCCCNCC1CCCCC1. The van der Waals surface area contributed by atoms with Crippen LogP contribution < -0.4 is 10.1 Å². The second kappa shape index (κ2) is 9.37. The molecule has 2 aliphatic carbocycles. The zero-order chi connectivity index (χ0) is 19.2. The number of rotatable bonds is 8. The van der Waals surface area contributed by atoms with E-state index in [1.165, 1.54) is 32.1 Å². The van der Waals surface area contributed by atoms with Crippen LogP contribution in [0.2, 0.25) is 0 Å². The molecule has 2 heterocycles. The molecule has 0 atom stereocenters. The summed E-state index contributed by atoms with van der Waals surface area (Å²) in [6.45, 7) is 2.81. The Balaban J connectivity index is 1.31. The van der Waals surface area contributed by atoms with E-state index < -0.39 is 0 Å². The van der Waals surface area contributed by atoms with E-state index in [1.807, 2.05) is 24.5 Å². The molecule has 0 bridgehead atoms. The number of ether oxygens (including phenoxy) is 1. The summed E-state index contributed by atoms with van der Waals surface area (Å²) in [5.74, 6) is 1.94. The molecule has 0 radical (unpaired) electrons. The minimum absolute atomic E-state index is 0.246. The summed E-state index contributed by atoms with van der Waals surface area (Å²) < 4.78 is 8.16. The Hall–Kier alpha value is -2.14. The third kappa shape index (κ3) is 4.46. The van der Waals surface area contributed by atoms with Gasteiger partial charge in [-0.05, 0) is 57.2 Å². The minimum Gasteiger partial charge on any atom is -0.491 e. The number of fused-ring (bicyclic) bond motifs is 1. The molecule has 2 aliphatic rings. The number of hydrogen-bond donors (Lipinski definition) is 1. The Morgan fingerprint density at radius 2 is 2.04 bits per heavy atom. The van der Waals surface area contributed by atoms with Gasteiger partial charge in [0.05, 0.1) is 12.8 Å². The van der Waals surface area contributed by atoms with E-state index in [1.54, 1.807) is 6.20 Å². The highest BCUT2D eigenvalue weighted by molar-refractivity contribution is 5.98. The maximum Gasteiger partial charge on any atom is 0.164 e. The van der Waals surface area contributed by atoms with E-state index in [2.05, 4.69) is 14.9 Å². The molecule has 28 heavy (non-hydrogen) atoms. The van der Waals surface area contributed by atoms with E-state index in [0.717, 1.165) is 61.0 Å². The first-order valence-corrected chi connectivity index (χ1v) is 10.8. The molecule has 0 aromatic carbocycles. The lowest BCUT2D eigenvalue weighted by molar-refractivity contribution is 0.0972. The van der Waals surface area contributed by atoms with Crippen LogP contribution in [-0.2, 0) is 6.42 Å². The lowest BCUT2D eigenvalue weighted by Crippen LogP contribution is -2.26. The van der Waals surface area contributed by atoms with Gasteiger partial charge in [-0.15, -0.1) is 0 Å². The molecule has 150 valence electrons. The lowest BCUT2D eigenvalue weighted by Gasteiger charge is -2.21. The fourth-order valence-electron chi connectivity index (χ4n) is 4.50. The van der Waals surface area contributed by atoms with Crippen molar-refractivity contribution in [1.82, 2.24) is 14.9 Å². The summed E-state index contributed by atoms with van der Waals surface area (Å²) in [6.07, 6.45) is 16.0. The Labute approximate surface area is 167 Å². The van der Waals surface area contributed by atoms with Crippen LogP contribution in [-0.4, -0.2) is 35.0 Å². The van der Waals surface area contributed by atoms with Crippen molar-refractivity contribution >= 4 is 5.78 Å². The minimum atomic E-state index is 0.246. The first kappa shape index (κ1) is 19.2. The standard InChI is InChI=1S/C23H31N3O2/c27-22-9-4-8-20-19(22)11-14-26(20)21-17-25-13-10-23(21)28-15-5-12-24-16-18-6-2-1-3-7-18/h10-11,13-14,17-18,24H,1-9,12,15-16H2. The van der Waals surface area contributed by atoms with Crippen LogP contribution in [0.3, 0.4) is 0 Å². The van der Waals surface area contributed by atoms with Gasteiger partial charge in [0.25, 0.3) is 0 Å². The molecule has 5 heteroatoms. The van der Waals surface area contributed by atoms with Crippen molar-refractivity contribution in [2.45, 2.75) is 57.8 Å². The van der Waals surface area contributed by atoms with Gasteiger partial charge >= 0.3 is 0 Å². The molecule has 0 amide bonds. The number of carbonyl (C=O) groups is 1. The van der Waals surface area contributed by atoms with Crippen molar-refractivity contribution < 1.29 is 9.53 Å². The smallest absolute Gasteiger partial charge is 0.164 e. The molecule has 1 fully saturated rings. The van der Waals surface area contributed by atoms with E-state index in [-0.39, 0.29) is 5.78 Å². The number of aromatic nitrogens is 2. The average molecular weight is 382 g/mol. The highest BCUT2D eigenvalue weighted by atomic mass is 16.5. The van der Waals surface area contributed by atoms with Crippen LogP contribution in [0.1, 0.15) is 67.4 Å². The Bertz CT molecular complexity index is 793. The van der Waals surface area contributed by atoms with Crippen LogP contribution >= 0.6 is 0 Å². The van der Waals surface area contributed by atoms with E-state index in [0.29, 0.717) is 13.0 Å². The van der Waals surface area contributed by atoms with Gasteiger partial charge in [0.2, 0.25) is 0 Å². The first-order valence-electron chi connectivity index (χ1n) is 10.8. The predicted molar refractivity (Wildman–Crippen MR) is 110 cm³/mol. The third-order valence-corrected chi connectivity index (χ3v) is 6.04. The number of nitrogens with zero attached hydrogens (tertiary/aromatic N) is 2. The van der Waals surface area contributed by atoms with E-state index in [4.69, 9.17) is 4.74 Å². The molecular weight excluding hydrogens is 350 g/mol. The van der Waals surface area contributed by atoms with Gasteiger partial charge in [0.15, 0.2) is 5.78 Å². The summed E-state index contributed by atoms with van der Waals surface area (Å²) >= 11 is 0. The molecule has 0 saturated heterocycles. The van der Waals surface area contributed by atoms with Crippen molar-refractivity contribution in [2.75, 3.05) is 19.7 Å². The van der Waals surface area contributed by atoms with Gasteiger partial charge in [0, 0.05) is 36.1 Å². The van der Waals surface area contributed by atoms with E-state index >= 15 is 0 Å². The molecule has 1 saturated carbocycles. The molecular formula is C23H31N3O2. The average Bonchev–Trinajstić information content (AvgIpc) is 3.17. The number of hydrogen-bond acceptors (Lipinski definition) is 4. The number of carbonyl (C=O) groups excluding carboxylic acids is 1. The number of nitrogens with one attached hydrogen (secondary N) is 1. The molecule has 0 unspecified atom stereocenters. The number of pyridine rings is 1. The Morgan fingerprint density at radius 3 is 2.93 bits per heavy atom. The van der Waals surface area contributed by atoms with Crippen LogP contribution in [0.4, 0.5) is 0 Å². The first-order chi connectivity index (χ1) is 13.8. The van der Waals surface area contributed by atoms with Crippen molar-refractivity contribution in [1.29, 1.82) is 0 Å². The summed E-state index contributed by atoms with van der Waals surface area (Å²) in [4.78, 5) is 16.4. The fourth-order valence-corrected chi connectivity index (χ4v) is 4.50. The zero-order valence-corrected chi connectivity index (χ0v) is 16.7. The molecule has 4 rings (SSSR count). The van der Waals surface area contributed by atoms with Crippen molar-refractivity contribution in [3.8, 4) is 11.4 Å². The van der Waals surface area contributed by atoms with Gasteiger partial charge in [-0.3, -0.25) is 9.78 Å². The van der Waals surface area contributed by atoms with Gasteiger partial charge in [-0.1, -0.05) is 19.3 Å². The molecule has 0 aliphatic heterocycles. The van der Waals surface area contributed by atoms with Crippen molar-refractivity contribution in [2.24, 2.45) is 5.92 Å². The molecule has 0 spiro atoms. The van der Waals surface area contributed by atoms with Crippen LogP contribution in [0, 0.1) is 5.92 Å². The second-order valence-corrected chi connectivity index (χ2v) is 8.08. The maximum absolute atomic E-state index is 12.1. The van der Waals surface area contributed by atoms with Crippen molar-refractivity contribution in [3.05, 3.63) is 42.0 Å². The van der Waals surface area contributed by atoms with Crippen LogP contribution in [0.25, 0.3) is 5.69 Å². The van der Waals surface area contributed by atoms with Gasteiger partial charge in [0.1, 0.15) is 11.4 Å². The normalized spacial score (nSPS) is 17.5. The molecule has 2 aromatic rings. The van der Waals surface area contributed by atoms with Gasteiger partial charge in [-0.2, -0.15) is 0 Å². The van der Waals surface area contributed by atoms with Crippen LogP contribution in [0.15, 0.2) is 30.7 Å². The topological polar surface area (TPSA) is 56.2 Å². The summed E-state index contributed by atoms with van der Waals surface area (Å²) in [7, 11) is 0. The summed E-state index contributed by atoms with van der Waals surface area (Å²) in [5, 5.41) is 3.59. The van der Waals surface area contributed by atoms with Gasteiger partial charge in [-0.25, -0.2) is 0 Å². The van der Waals surface area contributed by atoms with E-state index in [9.17, 15) is 4.79 Å². The Morgan fingerprint density at radius 1 is 1.14 bits per heavy atom. The zero-order valence-electron chi connectivity index (χ0n) is 16.7. The van der Waals surface area contributed by atoms with Crippen molar-refractivity contribution in [3.63, 3.8) is 0 Å². The molecule has 2 aromatic heterocycles.